The first-order chi connectivity index (χ1) is 11.1. The molecule has 0 amide bonds. The fraction of sp³-hybridized carbons (Fsp3) is 0.294. The van der Waals surface area contributed by atoms with Gasteiger partial charge in [0.05, 0.1) is 12.2 Å². The monoisotopic (exact) mass is 315 g/mol. The number of nitrogens with one attached hydrogen (secondary N) is 2. The van der Waals surface area contributed by atoms with Crippen molar-refractivity contribution in [1.82, 2.24) is 15.6 Å². The Morgan fingerprint density at radius 1 is 1.09 bits per heavy atom. The molecule has 23 heavy (non-hydrogen) atoms. The molecule has 2 rings (SSSR count). The summed E-state index contributed by atoms with van der Waals surface area (Å²) in [5.41, 5.74) is 1.92. The van der Waals surface area contributed by atoms with Crippen molar-refractivity contribution in [3.63, 3.8) is 0 Å². The Hall–Kier alpha value is -2.63. The van der Waals surface area contributed by atoms with Gasteiger partial charge in [0.1, 0.15) is 11.6 Å². The lowest BCUT2D eigenvalue weighted by atomic mass is 10.2. The summed E-state index contributed by atoms with van der Waals surface area (Å²) in [7, 11) is 5.63. The number of anilines is 1. The van der Waals surface area contributed by atoms with Crippen LogP contribution in [-0.4, -0.2) is 32.1 Å². The number of rotatable bonds is 5. The maximum Gasteiger partial charge on any atom is 0.191 e. The molecule has 1 heterocycles. The van der Waals surface area contributed by atoms with E-state index in [0.717, 1.165) is 17.1 Å². The predicted octanol–water partition coefficient (Wildman–Crippen LogP) is 2.15. The van der Waals surface area contributed by atoms with E-state index in [1.807, 2.05) is 37.2 Å². The average molecular weight is 315 g/mol. The van der Waals surface area contributed by atoms with Crippen molar-refractivity contribution >= 4 is 11.8 Å². The number of aromatic nitrogens is 1. The summed E-state index contributed by atoms with van der Waals surface area (Å²) in [6.07, 6.45) is 0. The highest BCUT2D eigenvalue weighted by atomic mass is 19.1. The molecule has 1 aromatic carbocycles. The number of halogens is 1. The van der Waals surface area contributed by atoms with Crippen LogP contribution in [0.25, 0.3) is 0 Å². The van der Waals surface area contributed by atoms with E-state index in [2.05, 4.69) is 20.6 Å². The molecule has 0 radical (unpaired) electrons. The first-order valence-corrected chi connectivity index (χ1v) is 7.40. The summed E-state index contributed by atoms with van der Waals surface area (Å²) in [5.74, 6) is 1.35. The number of benzene rings is 1. The summed E-state index contributed by atoms with van der Waals surface area (Å²) < 4.78 is 12.9. The Morgan fingerprint density at radius 2 is 1.78 bits per heavy atom. The van der Waals surface area contributed by atoms with Gasteiger partial charge >= 0.3 is 0 Å². The Labute approximate surface area is 136 Å². The molecule has 0 spiro atoms. The van der Waals surface area contributed by atoms with Gasteiger partial charge in [-0.3, -0.25) is 4.99 Å². The van der Waals surface area contributed by atoms with Gasteiger partial charge in [0.2, 0.25) is 0 Å². The summed E-state index contributed by atoms with van der Waals surface area (Å²) in [6, 6.07) is 12.3. The molecule has 0 unspecified atom stereocenters. The third-order valence-electron chi connectivity index (χ3n) is 3.28. The van der Waals surface area contributed by atoms with Gasteiger partial charge in [0.25, 0.3) is 0 Å². The zero-order chi connectivity index (χ0) is 16.7. The van der Waals surface area contributed by atoms with Crippen molar-refractivity contribution in [2.24, 2.45) is 4.99 Å². The summed E-state index contributed by atoms with van der Waals surface area (Å²) in [5, 5.41) is 6.41. The normalized spacial score (nSPS) is 11.2. The second-order valence-electron chi connectivity index (χ2n) is 5.29. The molecule has 0 aliphatic heterocycles. The smallest absolute Gasteiger partial charge is 0.191 e. The van der Waals surface area contributed by atoms with Crippen LogP contribution in [0.2, 0.25) is 0 Å². The van der Waals surface area contributed by atoms with Gasteiger partial charge in [-0.25, -0.2) is 9.37 Å². The number of nitrogens with zero attached hydrogens (tertiary/aromatic N) is 3. The topological polar surface area (TPSA) is 52.6 Å². The van der Waals surface area contributed by atoms with E-state index < -0.39 is 0 Å². The van der Waals surface area contributed by atoms with Gasteiger partial charge in [-0.15, -0.1) is 0 Å². The van der Waals surface area contributed by atoms with Gasteiger partial charge in [-0.1, -0.05) is 18.2 Å². The van der Waals surface area contributed by atoms with Gasteiger partial charge in [-0.2, -0.15) is 0 Å². The van der Waals surface area contributed by atoms with Gasteiger partial charge in [-0.05, 0) is 29.8 Å². The van der Waals surface area contributed by atoms with E-state index in [0.29, 0.717) is 19.0 Å². The molecule has 0 fully saturated rings. The minimum Gasteiger partial charge on any atom is -0.363 e. The average Bonchev–Trinajstić information content (AvgIpc) is 2.57. The number of hydrogen-bond donors (Lipinski definition) is 2. The van der Waals surface area contributed by atoms with Crippen molar-refractivity contribution < 1.29 is 4.39 Å². The van der Waals surface area contributed by atoms with E-state index in [1.54, 1.807) is 19.2 Å². The SMILES string of the molecule is CN=C(NCc1ccc(F)cc1)NCc1cccc(N(C)C)n1. The predicted molar refractivity (Wildman–Crippen MR) is 92.0 cm³/mol. The second kappa shape index (κ2) is 8.12. The van der Waals surface area contributed by atoms with Crippen molar-refractivity contribution in [2.75, 3.05) is 26.0 Å². The van der Waals surface area contributed by atoms with E-state index >= 15 is 0 Å². The summed E-state index contributed by atoms with van der Waals surface area (Å²) in [4.78, 5) is 10.7. The maximum absolute atomic E-state index is 12.9. The minimum absolute atomic E-state index is 0.233. The van der Waals surface area contributed by atoms with E-state index in [-0.39, 0.29) is 5.82 Å². The summed E-state index contributed by atoms with van der Waals surface area (Å²) >= 11 is 0. The van der Waals surface area contributed by atoms with Gasteiger partial charge in [0.15, 0.2) is 5.96 Å². The Balaban J connectivity index is 1.87. The number of aliphatic imine (C=N–C) groups is 1. The third-order valence-corrected chi connectivity index (χ3v) is 3.28. The Morgan fingerprint density at radius 3 is 2.43 bits per heavy atom. The van der Waals surface area contributed by atoms with Crippen LogP contribution in [0.3, 0.4) is 0 Å². The van der Waals surface area contributed by atoms with Crippen LogP contribution < -0.4 is 15.5 Å². The van der Waals surface area contributed by atoms with Gasteiger partial charge < -0.3 is 15.5 Å². The van der Waals surface area contributed by atoms with E-state index in [9.17, 15) is 4.39 Å². The molecule has 2 aromatic rings. The molecule has 0 aliphatic carbocycles. The molecular formula is C17H22FN5. The quantitative estimate of drug-likeness (QED) is 0.656. The number of hydrogen-bond acceptors (Lipinski definition) is 3. The lowest BCUT2D eigenvalue weighted by Gasteiger charge is -2.14. The van der Waals surface area contributed by atoms with Crippen molar-refractivity contribution in [3.8, 4) is 0 Å². The molecule has 2 N–H and O–H groups in total. The number of guanidine groups is 1. The highest BCUT2D eigenvalue weighted by Crippen LogP contribution is 2.07. The second-order valence-corrected chi connectivity index (χ2v) is 5.29. The molecule has 0 saturated heterocycles. The first kappa shape index (κ1) is 16.7. The highest BCUT2D eigenvalue weighted by molar-refractivity contribution is 5.79. The van der Waals surface area contributed by atoms with Crippen LogP contribution in [0.4, 0.5) is 10.2 Å². The Bertz CT molecular complexity index is 652. The van der Waals surface area contributed by atoms with Crippen LogP contribution in [0.5, 0.6) is 0 Å². The fourth-order valence-corrected chi connectivity index (χ4v) is 2.00. The fourth-order valence-electron chi connectivity index (χ4n) is 2.00. The molecule has 0 atom stereocenters. The number of pyridine rings is 1. The zero-order valence-electron chi connectivity index (χ0n) is 13.7. The maximum atomic E-state index is 12.9. The molecule has 5 nitrogen and oxygen atoms in total. The molecule has 0 bridgehead atoms. The van der Waals surface area contributed by atoms with Crippen LogP contribution in [-0.2, 0) is 13.1 Å². The standard InChI is InChI=1S/C17H22FN5/c1-19-17(20-11-13-7-9-14(18)10-8-13)21-12-15-5-4-6-16(22-15)23(2)3/h4-10H,11-12H2,1-3H3,(H2,19,20,21). The van der Waals surface area contributed by atoms with Crippen molar-refractivity contribution in [1.29, 1.82) is 0 Å². The first-order valence-electron chi connectivity index (χ1n) is 7.40. The zero-order valence-corrected chi connectivity index (χ0v) is 13.7. The molecule has 0 aliphatic rings. The van der Waals surface area contributed by atoms with Gasteiger partial charge in [0, 0.05) is 27.7 Å². The van der Waals surface area contributed by atoms with Crippen molar-refractivity contribution in [3.05, 3.63) is 59.5 Å². The van der Waals surface area contributed by atoms with Crippen LogP contribution in [0.15, 0.2) is 47.5 Å². The minimum atomic E-state index is -0.233. The molecule has 0 saturated carbocycles. The highest BCUT2D eigenvalue weighted by Gasteiger charge is 2.02. The molecular weight excluding hydrogens is 293 g/mol. The van der Waals surface area contributed by atoms with E-state index in [4.69, 9.17) is 0 Å². The van der Waals surface area contributed by atoms with Crippen LogP contribution in [0.1, 0.15) is 11.3 Å². The van der Waals surface area contributed by atoms with Crippen LogP contribution >= 0.6 is 0 Å². The third kappa shape index (κ3) is 5.25. The van der Waals surface area contributed by atoms with E-state index in [1.165, 1.54) is 12.1 Å². The molecule has 122 valence electrons. The lowest BCUT2D eigenvalue weighted by molar-refractivity contribution is 0.626. The molecule has 1 aromatic heterocycles. The van der Waals surface area contributed by atoms with Crippen molar-refractivity contribution in [2.45, 2.75) is 13.1 Å². The molecule has 6 heteroatoms. The largest absolute Gasteiger partial charge is 0.363 e. The van der Waals surface area contributed by atoms with Crippen LogP contribution in [0, 0.1) is 5.82 Å². The Kier molecular flexibility index (Phi) is 5.91. The summed E-state index contributed by atoms with van der Waals surface area (Å²) in [6.45, 7) is 1.15. The lowest BCUT2D eigenvalue weighted by Crippen LogP contribution is -2.36.